The average molecular weight is 364 g/mol. The predicted molar refractivity (Wildman–Crippen MR) is 106 cm³/mol. The number of rotatable bonds is 6. The van der Waals surface area contributed by atoms with Crippen molar-refractivity contribution < 1.29 is 0 Å². The van der Waals surface area contributed by atoms with Crippen molar-refractivity contribution in [3.05, 3.63) is 59.8 Å². The smallest absolute Gasteiger partial charge is 0.206 e. The zero-order chi connectivity index (χ0) is 17.9. The summed E-state index contributed by atoms with van der Waals surface area (Å²) in [4.78, 5) is 0. The third-order valence-corrected chi connectivity index (χ3v) is 5.20. The molecule has 7 heteroatoms. The van der Waals surface area contributed by atoms with E-state index in [4.69, 9.17) is 5.73 Å². The van der Waals surface area contributed by atoms with Crippen LogP contribution in [0.15, 0.2) is 48.5 Å². The second kappa shape index (κ2) is 7.23. The monoisotopic (exact) mass is 364 g/mol. The van der Waals surface area contributed by atoms with E-state index in [2.05, 4.69) is 43.9 Å². The molecule has 132 valence electrons. The van der Waals surface area contributed by atoms with Gasteiger partial charge in [0.05, 0.1) is 5.52 Å². The number of aromatic nitrogens is 4. The standard InChI is InChI=1S/C19H20N6S/c1-12-16-10-14(7-8-17(16)23-22-12)18-24-25-19(26-18)21-11-15(20)9-13-5-3-2-4-6-13/h2-8,10,15H,9,11,20H2,1H3,(H,21,25)(H,22,23)/t15-/m1/s1. The molecule has 0 unspecified atom stereocenters. The molecule has 2 aromatic heterocycles. The van der Waals surface area contributed by atoms with Gasteiger partial charge in [0.1, 0.15) is 5.01 Å². The number of nitrogens with two attached hydrogens (primary N) is 1. The van der Waals surface area contributed by atoms with Crippen LogP contribution < -0.4 is 11.1 Å². The fraction of sp³-hybridized carbons (Fsp3) is 0.211. The minimum absolute atomic E-state index is 0.0229. The van der Waals surface area contributed by atoms with Crippen LogP contribution >= 0.6 is 11.3 Å². The third kappa shape index (κ3) is 3.58. The van der Waals surface area contributed by atoms with Gasteiger partial charge in [-0.25, -0.2) is 0 Å². The lowest BCUT2D eigenvalue weighted by atomic mass is 10.1. The lowest BCUT2D eigenvalue weighted by Gasteiger charge is -2.11. The lowest BCUT2D eigenvalue weighted by molar-refractivity contribution is 0.698. The summed E-state index contributed by atoms with van der Waals surface area (Å²) in [5.41, 5.74) is 10.5. The Morgan fingerprint density at radius 1 is 1.15 bits per heavy atom. The number of nitrogens with zero attached hydrogens (tertiary/aromatic N) is 3. The highest BCUT2D eigenvalue weighted by Gasteiger charge is 2.10. The summed E-state index contributed by atoms with van der Waals surface area (Å²) in [6.07, 6.45) is 0.829. The van der Waals surface area contributed by atoms with Crippen molar-refractivity contribution in [1.82, 2.24) is 20.4 Å². The van der Waals surface area contributed by atoms with Gasteiger partial charge in [-0.3, -0.25) is 5.10 Å². The maximum absolute atomic E-state index is 6.22. The van der Waals surface area contributed by atoms with Crippen LogP contribution in [0.5, 0.6) is 0 Å². The Morgan fingerprint density at radius 2 is 2.00 bits per heavy atom. The van der Waals surface area contributed by atoms with E-state index in [9.17, 15) is 0 Å². The molecule has 1 atom stereocenters. The van der Waals surface area contributed by atoms with Crippen molar-refractivity contribution in [2.24, 2.45) is 5.73 Å². The summed E-state index contributed by atoms with van der Waals surface area (Å²) >= 11 is 1.53. The number of aryl methyl sites for hydroxylation is 1. The topological polar surface area (TPSA) is 92.5 Å². The van der Waals surface area contributed by atoms with Crippen LogP contribution in [0.25, 0.3) is 21.5 Å². The van der Waals surface area contributed by atoms with E-state index in [-0.39, 0.29) is 6.04 Å². The first-order chi connectivity index (χ1) is 12.7. The molecule has 0 aliphatic carbocycles. The maximum atomic E-state index is 6.22. The molecule has 0 fully saturated rings. The summed E-state index contributed by atoms with van der Waals surface area (Å²) in [5.74, 6) is 0. The van der Waals surface area contributed by atoms with Crippen LogP contribution in [0.2, 0.25) is 0 Å². The minimum Gasteiger partial charge on any atom is -0.359 e. The van der Waals surface area contributed by atoms with Gasteiger partial charge in [-0.05, 0) is 37.1 Å². The molecular weight excluding hydrogens is 344 g/mol. The molecule has 6 nitrogen and oxygen atoms in total. The molecular formula is C19H20N6S. The molecule has 4 N–H and O–H groups in total. The first-order valence-electron chi connectivity index (χ1n) is 8.51. The highest BCUT2D eigenvalue weighted by molar-refractivity contribution is 7.18. The second-order valence-electron chi connectivity index (χ2n) is 6.32. The van der Waals surface area contributed by atoms with Gasteiger partial charge >= 0.3 is 0 Å². The molecule has 0 aliphatic rings. The van der Waals surface area contributed by atoms with E-state index < -0.39 is 0 Å². The molecule has 0 amide bonds. The lowest BCUT2D eigenvalue weighted by Crippen LogP contribution is -2.31. The molecule has 2 heterocycles. The highest BCUT2D eigenvalue weighted by atomic mass is 32.1. The van der Waals surface area contributed by atoms with Crippen LogP contribution in [0, 0.1) is 6.92 Å². The summed E-state index contributed by atoms with van der Waals surface area (Å²) in [6.45, 7) is 2.67. The van der Waals surface area contributed by atoms with Crippen molar-refractivity contribution in [3.8, 4) is 10.6 Å². The fourth-order valence-corrected chi connectivity index (χ4v) is 3.64. The average Bonchev–Trinajstić information content (AvgIpc) is 3.28. The van der Waals surface area contributed by atoms with Gasteiger partial charge in [-0.1, -0.05) is 41.7 Å². The van der Waals surface area contributed by atoms with Gasteiger partial charge in [-0.15, -0.1) is 10.2 Å². The quantitative estimate of drug-likeness (QED) is 0.488. The van der Waals surface area contributed by atoms with Gasteiger partial charge in [0, 0.05) is 29.2 Å². The Morgan fingerprint density at radius 3 is 2.85 bits per heavy atom. The highest BCUT2D eigenvalue weighted by Crippen LogP contribution is 2.29. The van der Waals surface area contributed by atoms with E-state index in [0.29, 0.717) is 6.54 Å². The summed E-state index contributed by atoms with van der Waals surface area (Å²) in [6, 6.07) is 16.4. The number of fused-ring (bicyclic) bond motifs is 1. The molecule has 0 radical (unpaired) electrons. The predicted octanol–water partition coefficient (Wildman–Crippen LogP) is 3.37. The number of benzene rings is 2. The van der Waals surface area contributed by atoms with E-state index in [1.807, 2.05) is 37.3 Å². The largest absolute Gasteiger partial charge is 0.359 e. The number of aromatic amines is 1. The Hall–Kier alpha value is -2.77. The molecule has 0 saturated carbocycles. The Bertz CT molecular complexity index is 1010. The van der Waals surface area contributed by atoms with Crippen LogP contribution in [-0.4, -0.2) is 33.0 Å². The van der Waals surface area contributed by atoms with Crippen molar-refractivity contribution in [2.45, 2.75) is 19.4 Å². The van der Waals surface area contributed by atoms with Crippen LogP contribution in [0.3, 0.4) is 0 Å². The zero-order valence-electron chi connectivity index (χ0n) is 14.4. The van der Waals surface area contributed by atoms with Gasteiger partial charge in [0.15, 0.2) is 0 Å². The third-order valence-electron chi connectivity index (χ3n) is 4.27. The number of anilines is 1. The van der Waals surface area contributed by atoms with Crippen LogP contribution in [0.4, 0.5) is 5.13 Å². The number of hydrogen-bond donors (Lipinski definition) is 3. The molecule has 0 spiro atoms. The van der Waals surface area contributed by atoms with E-state index in [1.54, 1.807) is 0 Å². The number of nitrogens with one attached hydrogen (secondary N) is 2. The van der Waals surface area contributed by atoms with Gasteiger partial charge in [-0.2, -0.15) is 5.10 Å². The summed E-state index contributed by atoms with van der Waals surface area (Å²) < 4.78 is 0. The van der Waals surface area contributed by atoms with Crippen LogP contribution in [0.1, 0.15) is 11.3 Å². The van der Waals surface area contributed by atoms with Gasteiger partial charge in [0.2, 0.25) is 5.13 Å². The molecule has 0 bridgehead atoms. The molecule has 4 aromatic rings. The first kappa shape index (κ1) is 16.7. The van der Waals surface area contributed by atoms with E-state index >= 15 is 0 Å². The van der Waals surface area contributed by atoms with Crippen molar-refractivity contribution in [2.75, 3.05) is 11.9 Å². The summed E-state index contributed by atoms with van der Waals surface area (Å²) in [5, 5.41) is 21.9. The Balaban J connectivity index is 1.41. The fourth-order valence-electron chi connectivity index (χ4n) is 2.89. The molecule has 2 aromatic carbocycles. The number of hydrogen-bond acceptors (Lipinski definition) is 6. The van der Waals surface area contributed by atoms with Crippen molar-refractivity contribution >= 4 is 27.4 Å². The normalized spacial score (nSPS) is 12.4. The second-order valence-corrected chi connectivity index (χ2v) is 7.30. The Labute approximate surface area is 155 Å². The minimum atomic E-state index is 0.0229. The maximum Gasteiger partial charge on any atom is 0.206 e. The van der Waals surface area contributed by atoms with E-state index in [0.717, 1.165) is 38.7 Å². The molecule has 4 rings (SSSR count). The molecule has 0 saturated heterocycles. The van der Waals surface area contributed by atoms with E-state index in [1.165, 1.54) is 16.9 Å². The first-order valence-corrected chi connectivity index (χ1v) is 9.32. The van der Waals surface area contributed by atoms with Crippen molar-refractivity contribution in [1.29, 1.82) is 0 Å². The molecule has 0 aliphatic heterocycles. The SMILES string of the molecule is Cc1[nH]nc2ccc(-c3nnc(NC[C@H](N)Cc4ccccc4)s3)cc12. The summed E-state index contributed by atoms with van der Waals surface area (Å²) in [7, 11) is 0. The zero-order valence-corrected chi connectivity index (χ0v) is 15.3. The van der Waals surface area contributed by atoms with Gasteiger partial charge < -0.3 is 11.1 Å². The van der Waals surface area contributed by atoms with Gasteiger partial charge in [0.25, 0.3) is 0 Å². The Kier molecular flexibility index (Phi) is 4.64. The number of H-pyrrole nitrogens is 1. The molecule has 26 heavy (non-hydrogen) atoms. The van der Waals surface area contributed by atoms with Crippen LogP contribution in [-0.2, 0) is 6.42 Å². The van der Waals surface area contributed by atoms with Crippen molar-refractivity contribution in [3.63, 3.8) is 0 Å².